The summed E-state index contributed by atoms with van der Waals surface area (Å²) in [7, 11) is 0. The van der Waals surface area contributed by atoms with Crippen LogP contribution in [0, 0.1) is 11.6 Å². The van der Waals surface area contributed by atoms with Gasteiger partial charge in [0.2, 0.25) is 0 Å². The number of amides is 1. The molecule has 1 amide bonds. The van der Waals surface area contributed by atoms with Crippen LogP contribution in [-0.2, 0) is 0 Å². The Balaban J connectivity index is 2.67. The van der Waals surface area contributed by atoms with Crippen LogP contribution < -0.4 is 0 Å². The minimum Gasteiger partial charge on any atom is -0.465 e. The smallest absolute Gasteiger partial charge is 0.408 e. The van der Waals surface area contributed by atoms with Gasteiger partial charge in [-0.15, -0.1) is 0 Å². The number of carbonyl (C=O) groups is 1. The molecule has 0 bridgehead atoms. The average Bonchev–Trinajstić information content (AvgIpc) is 2.52. The molecule has 26 heavy (non-hydrogen) atoms. The number of rotatable bonds is 4. The second kappa shape index (κ2) is 7.63. The molecule has 2 aromatic rings. The summed E-state index contributed by atoms with van der Waals surface area (Å²) in [6.07, 6.45) is -1.66. The van der Waals surface area contributed by atoms with E-state index in [0.29, 0.717) is 0 Å². The lowest BCUT2D eigenvalue weighted by Gasteiger charge is -2.41. The van der Waals surface area contributed by atoms with Crippen molar-refractivity contribution in [1.29, 1.82) is 0 Å². The predicted molar refractivity (Wildman–Crippen MR) is 93.4 cm³/mol. The van der Waals surface area contributed by atoms with Gasteiger partial charge in [0, 0.05) is 17.3 Å². The maximum atomic E-state index is 14.2. The summed E-state index contributed by atoms with van der Waals surface area (Å²) in [6, 6.07) is 2.76. The zero-order valence-electron chi connectivity index (χ0n) is 14.3. The summed E-state index contributed by atoms with van der Waals surface area (Å²) < 4.78 is 28.0. The molecule has 2 rings (SSSR count). The number of aliphatic hydroxyl groups excluding tert-OH is 1. The lowest BCUT2D eigenvalue weighted by molar-refractivity contribution is 0.00168. The number of halogens is 3. The van der Waals surface area contributed by atoms with E-state index in [9.17, 15) is 23.8 Å². The first-order valence-corrected chi connectivity index (χ1v) is 8.45. The van der Waals surface area contributed by atoms with Crippen LogP contribution in [-0.4, -0.2) is 36.7 Å². The number of hydrogen-bond acceptors (Lipinski definition) is 4. The van der Waals surface area contributed by atoms with Crippen molar-refractivity contribution in [3.05, 3.63) is 58.1 Å². The number of hydrogen-bond donors (Lipinski definition) is 2. The second-order valence-corrected chi connectivity index (χ2v) is 7.34. The van der Waals surface area contributed by atoms with Crippen molar-refractivity contribution in [2.75, 3.05) is 0 Å². The van der Waals surface area contributed by atoms with E-state index >= 15 is 0 Å². The first-order valence-electron chi connectivity index (χ1n) is 7.66. The Morgan fingerprint density at radius 1 is 1.27 bits per heavy atom. The van der Waals surface area contributed by atoms with Crippen molar-refractivity contribution in [3.8, 4) is 0 Å². The summed E-state index contributed by atoms with van der Waals surface area (Å²) >= 11 is 3.09. The van der Waals surface area contributed by atoms with Crippen LogP contribution >= 0.6 is 15.9 Å². The van der Waals surface area contributed by atoms with E-state index in [-0.39, 0.29) is 16.0 Å². The molecule has 2 N–H and O–H groups in total. The number of carboxylic acid groups (broad SMARTS) is 1. The fraction of sp³-hybridized carbons (Fsp3) is 0.353. The number of benzene rings is 1. The summed E-state index contributed by atoms with van der Waals surface area (Å²) in [6.45, 7) is 4.87. The Morgan fingerprint density at radius 3 is 2.46 bits per heavy atom. The van der Waals surface area contributed by atoms with Crippen molar-refractivity contribution in [2.45, 2.75) is 38.5 Å². The van der Waals surface area contributed by atoms with Crippen molar-refractivity contribution in [1.82, 2.24) is 14.9 Å². The van der Waals surface area contributed by atoms with Crippen LogP contribution in [0.15, 0.2) is 35.2 Å². The Morgan fingerprint density at radius 2 is 1.92 bits per heavy atom. The lowest BCUT2D eigenvalue weighted by Crippen LogP contribution is -2.49. The Bertz CT molecular complexity index is 814. The molecule has 1 heterocycles. The molecule has 6 nitrogen and oxygen atoms in total. The second-order valence-electron chi connectivity index (χ2n) is 6.63. The van der Waals surface area contributed by atoms with E-state index < -0.39 is 35.4 Å². The topological polar surface area (TPSA) is 86.6 Å². The van der Waals surface area contributed by atoms with Crippen molar-refractivity contribution >= 4 is 22.0 Å². The van der Waals surface area contributed by atoms with E-state index in [0.717, 1.165) is 23.1 Å². The van der Waals surface area contributed by atoms with Gasteiger partial charge in [-0.1, -0.05) is 0 Å². The highest BCUT2D eigenvalue weighted by atomic mass is 79.9. The average molecular weight is 430 g/mol. The van der Waals surface area contributed by atoms with E-state index in [4.69, 9.17) is 0 Å². The van der Waals surface area contributed by atoms with Crippen LogP contribution in [0.5, 0.6) is 0 Å². The third-order valence-corrected chi connectivity index (χ3v) is 4.12. The van der Waals surface area contributed by atoms with Gasteiger partial charge in [-0.25, -0.2) is 23.5 Å². The summed E-state index contributed by atoms with van der Waals surface area (Å²) in [5, 5.41) is 20.5. The molecule has 2 atom stereocenters. The molecule has 0 aliphatic rings. The zero-order chi connectivity index (χ0) is 19.6. The SMILES string of the molecule is CC(C)(C)N(C(=O)O)[C@H](c1ccnc(Br)n1)[C@H](O)c1cc(F)ccc1F. The quantitative estimate of drug-likeness (QED) is 0.715. The van der Waals surface area contributed by atoms with Crippen LogP contribution in [0.2, 0.25) is 0 Å². The van der Waals surface area contributed by atoms with Gasteiger partial charge in [-0.05, 0) is 61.0 Å². The van der Waals surface area contributed by atoms with Crippen LogP contribution in [0.3, 0.4) is 0 Å². The first kappa shape index (κ1) is 20.2. The minimum absolute atomic E-state index is 0.139. The first-order chi connectivity index (χ1) is 12.0. The van der Waals surface area contributed by atoms with Gasteiger partial charge in [0.05, 0.1) is 5.69 Å². The zero-order valence-corrected chi connectivity index (χ0v) is 15.9. The van der Waals surface area contributed by atoms with Crippen LogP contribution in [0.1, 0.15) is 44.2 Å². The third-order valence-electron chi connectivity index (χ3n) is 3.73. The van der Waals surface area contributed by atoms with Gasteiger partial charge >= 0.3 is 6.09 Å². The molecule has 1 aromatic heterocycles. The van der Waals surface area contributed by atoms with Gasteiger partial charge in [0.1, 0.15) is 23.8 Å². The molecule has 9 heteroatoms. The highest BCUT2D eigenvalue weighted by Gasteiger charge is 2.40. The van der Waals surface area contributed by atoms with Gasteiger partial charge in [0.15, 0.2) is 4.73 Å². The minimum atomic E-state index is -1.69. The van der Waals surface area contributed by atoms with E-state index in [1.54, 1.807) is 20.8 Å². The normalized spacial score (nSPS) is 14.0. The molecule has 0 saturated carbocycles. The highest BCUT2D eigenvalue weighted by Crippen LogP contribution is 2.38. The van der Waals surface area contributed by atoms with Gasteiger partial charge in [-0.2, -0.15) is 0 Å². The van der Waals surface area contributed by atoms with E-state index in [1.165, 1.54) is 12.3 Å². The third kappa shape index (κ3) is 4.34. The molecular formula is C17H18BrF2N3O3. The maximum Gasteiger partial charge on any atom is 0.408 e. The molecule has 0 aliphatic carbocycles. The summed E-state index contributed by atoms with van der Waals surface area (Å²) in [5.74, 6) is -1.60. The molecule has 0 unspecified atom stereocenters. The summed E-state index contributed by atoms with van der Waals surface area (Å²) in [5.41, 5.74) is -1.18. The standard InChI is InChI=1S/C17H18BrF2N3O3/c1-17(2,3)23(16(25)26)13(12-6-7-21-15(18)22-12)14(24)10-8-9(19)4-5-11(10)20/h4-8,13-14,24H,1-3H3,(H,25,26)/t13-,14-/m1/s1. The van der Waals surface area contributed by atoms with Crippen molar-refractivity contribution in [3.63, 3.8) is 0 Å². The van der Waals surface area contributed by atoms with Crippen LogP contribution in [0.4, 0.5) is 13.6 Å². The molecule has 1 aromatic carbocycles. The molecule has 0 aliphatic heterocycles. The highest BCUT2D eigenvalue weighted by molar-refractivity contribution is 9.10. The monoisotopic (exact) mass is 429 g/mol. The van der Waals surface area contributed by atoms with E-state index in [1.807, 2.05) is 0 Å². The fourth-order valence-electron chi connectivity index (χ4n) is 2.68. The van der Waals surface area contributed by atoms with Crippen molar-refractivity contribution in [2.24, 2.45) is 0 Å². The largest absolute Gasteiger partial charge is 0.465 e. The molecule has 0 fully saturated rings. The maximum absolute atomic E-state index is 14.2. The summed E-state index contributed by atoms with van der Waals surface area (Å²) in [4.78, 5) is 20.9. The fourth-order valence-corrected chi connectivity index (χ4v) is 3.01. The molecular weight excluding hydrogens is 412 g/mol. The Labute approximate surface area is 157 Å². The molecule has 140 valence electrons. The van der Waals surface area contributed by atoms with Crippen LogP contribution in [0.25, 0.3) is 0 Å². The molecule has 0 spiro atoms. The van der Waals surface area contributed by atoms with E-state index in [2.05, 4.69) is 25.9 Å². The predicted octanol–water partition coefficient (Wildman–Crippen LogP) is 4.07. The Hall–Kier alpha value is -2.13. The number of aliphatic hydroxyl groups is 1. The number of aromatic nitrogens is 2. The van der Waals surface area contributed by atoms with Gasteiger partial charge in [-0.3, -0.25) is 4.90 Å². The molecule has 0 radical (unpaired) electrons. The Kier molecular flexibility index (Phi) is 5.92. The van der Waals surface area contributed by atoms with Crippen molar-refractivity contribution < 1.29 is 23.8 Å². The van der Waals surface area contributed by atoms with Gasteiger partial charge in [0.25, 0.3) is 0 Å². The van der Waals surface area contributed by atoms with Gasteiger partial charge < -0.3 is 10.2 Å². The molecule has 0 saturated heterocycles. The lowest BCUT2D eigenvalue weighted by atomic mass is 9.93. The number of nitrogens with zero attached hydrogens (tertiary/aromatic N) is 3.